The van der Waals surface area contributed by atoms with Gasteiger partial charge in [0.25, 0.3) is 0 Å². The van der Waals surface area contributed by atoms with Crippen LogP contribution in [0.1, 0.15) is 18.1 Å². The maximum absolute atomic E-state index is 9.01. The van der Waals surface area contributed by atoms with Gasteiger partial charge in [-0.15, -0.1) is 0 Å². The zero-order valence-electron chi connectivity index (χ0n) is 24.1. The lowest BCUT2D eigenvalue weighted by Gasteiger charge is -2.42. The van der Waals surface area contributed by atoms with E-state index in [0.29, 0.717) is 5.56 Å². The highest BCUT2D eigenvalue weighted by Gasteiger charge is 2.45. The number of nitrogens with zero attached hydrogens (tertiary/aromatic N) is 1. The molecule has 0 bridgehead atoms. The maximum Gasteiger partial charge on any atom is 0.314 e. The van der Waals surface area contributed by atoms with Crippen molar-refractivity contribution in [3.8, 4) is 17.2 Å². The third-order valence-corrected chi connectivity index (χ3v) is 25.0. The van der Waals surface area contributed by atoms with Crippen molar-refractivity contribution in [2.24, 2.45) is 0 Å². The van der Waals surface area contributed by atoms with Gasteiger partial charge in [-0.25, -0.2) is 0 Å². The maximum atomic E-state index is 9.01. The van der Waals surface area contributed by atoms with Crippen LogP contribution in [-0.2, 0) is 22.5 Å². The van der Waals surface area contributed by atoms with Crippen molar-refractivity contribution in [2.45, 2.75) is 84.5 Å². The number of hydrogen-bond acceptors (Lipinski definition) is 5. The van der Waals surface area contributed by atoms with E-state index in [1.165, 1.54) is 5.56 Å². The van der Waals surface area contributed by atoms with Crippen LogP contribution in [0.5, 0.6) is 0 Å². The Morgan fingerprint density at radius 2 is 0.972 bits per heavy atom. The highest BCUT2D eigenvalue weighted by molar-refractivity contribution is 6.90. The summed E-state index contributed by atoms with van der Waals surface area (Å²) in [5, 5.41) is 9.01. The predicted octanol–water partition coefficient (Wildman–Crippen LogP) is 7.91. The first-order valence-electron chi connectivity index (χ1n) is 12.8. The smallest absolute Gasteiger partial charge is 0.314 e. The van der Waals surface area contributed by atoms with E-state index in [1.54, 1.807) is 0 Å². The Hall–Kier alpha value is -1.15. The normalized spacial score (nSPS) is 13.5. The summed E-state index contributed by atoms with van der Waals surface area (Å²) in [5.41, 5.74) is 4.21. The molecular weight excluding hydrogens is 531 g/mol. The standard InChI is InChI=1S/C26H45NO4Si5/c1-12-32(2,3)28-34(6,7)30-36(10,11)31-35(8,9)29-33(4,5)22-24-15-19-26(20-16-24)25-17-13-23(21-27)14-18-25/h13-20H,12,22H2,1-11H3. The fraction of sp³-hybridized carbons (Fsp3) is 0.500. The summed E-state index contributed by atoms with van der Waals surface area (Å²) < 4.78 is 26.7. The van der Waals surface area contributed by atoms with Gasteiger partial charge < -0.3 is 16.5 Å². The van der Waals surface area contributed by atoms with Crippen LogP contribution < -0.4 is 0 Å². The van der Waals surface area contributed by atoms with Gasteiger partial charge in [0, 0.05) is 0 Å². The zero-order valence-corrected chi connectivity index (χ0v) is 29.1. The van der Waals surface area contributed by atoms with Gasteiger partial charge in [-0.2, -0.15) is 5.26 Å². The number of rotatable bonds is 12. The minimum atomic E-state index is -2.43. The van der Waals surface area contributed by atoms with Crippen LogP contribution in [0.15, 0.2) is 48.5 Å². The molecule has 2 rings (SSSR count). The fourth-order valence-electron chi connectivity index (χ4n) is 4.73. The topological polar surface area (TPSA) is 60.7 Å². The summed E-state index contributed by atoms with van der Waals surface area (Å²) in [6.07, 6.45) is 0. The number of benzene rings is 2. The third kappa shape index (κ3) is 10.3. The Bertz CT molecular complexity index is 1050. The Morgan fingerprint density at radius 1 is 0.583 bits per heavy atom. The minimum Gasteiger partial charge on any atom is -0.436 e. The van der Waals surface area contributed by atoms with Gasteiger partial charge in [0.15, 0.2) is 16.6 Å². The van der Waals surface area contributed by atoms with E-state index < -0.39 is 42.3 Å². The Morgan fingerprint density at radius 3 is 1.39 bits per heavy atom. The summed E-state index contributed by atoms with van der Waals surface area (Å²) in [7, 11) is -10.9. The fourth-order valence-corrected chi connectivity index (χ4v) is 28.6. The van der Waals surface area contributed by atoms with E-state index in [9.17, 15) is 0 Å². The Balaban J connectivity index is 2.03. The quantitative estimate of drug-likeness (QED) is 0.241. The average molecular weight is 576 g/mol. The van der Waals surface area contributed by atoms with Gasteiger partial charge in [-0.3, -0.25) is 0 Å². The van der Waals surface area contributed by atoms with Crippen LogP contribution in [0, 0.1) is 11.3 Å². The van der Waals surface area contributed by atoms with Gasteiger partial charge >= 0.3 is 25.7 Å². The summed E-state index contributed by atoms with van der Waals surface area (Å²) >= 11 is 0. The summed E-state index contributed by atoms with van der Waals surface area (Å²) in [6.45, 7) is 24.1. The van der Waals surface area contributed by atoms with Crippen molar-refractivity contribution in [3.05, 3.63) is 59.7 Å². The molecule has 0 aliphatic heterocycles. The van der Waals surface area contributed by atoms with Gasteiger partial charge in [0.05, 0.1) is 11.6 Å². The second kappa shape index (κ2) is 11.7. The van der Waals surface area contributed by atoms with Gasteiger partial charge in [0.1, 0.15) is 0 Å². The molecular formula is C26H45NO4Si5. The van der Waals surface area contributed by atoms with E-state index >= 15 is 0 Å². The lowest BCUT2D eigenvalue weighted by Crippen LogP contribution is -2.58. The zero-order chi connectivity index (χ0) is 27.4. The van der Waals surface area contributed by atoms with Crippen LogP contribution >= 0.6 is 0 Å². The van der Waals surface area contributed by atoms with Crippen LogP contribution in [0.3, 0.4) is 0 Å². The lowest BCUT2D eigenvalue weighted by atomic mass is 10.0. The van der Waals surface area contributed by atoms with Crippen LogP contribution in [0.2, 0.25) is 71.5 Å². The Kier molecular flexibility index (Phi) is 10.1. The molecule has 2 aromatic rings. The summed E-state index contributed by atoms with van der Waals surface area (Å²) in [4.78, 5) is 0. The van der Waals surface area contributed by atoms with Crippen LogP contribution in [0.25, 0.3) is 11.1 Å². The Labute approximate surface area is 224 Å². The van der Waals surface area contributed by atoms with Crippen molar-refractivity contribution in [1.29, 1.82) is 5.26 Å². The van der Waals surface area contributed by atoms with E-state index in [0.717, 1.165) is 23.2 Å². The highest BCUT2D eigenvalue weighted by Crippen LogP contribution is 2.28. The molecule has 198 valence electrons. The van der Waals surface area contributed by atoms with Gasteiger partial charge in [-0.05, 0) is 106 Å². The molecule has 0 heterocycles. The van der Waals surface area contributed by atoms with E-state index in [4.69, 9.17) is 21.7 Å². The predicted molar refractivity (Wildman–Crippen MR) is 163 cm³/mol. The van der Waals surface area contributed by atoms with Gasteiger partial charge in [0.2, 0.25) is 0 Å². The molecule has 0 atom stereocenters. The molecule has 0 aliphatic carbocycles. The molecule has 0 saturated heterocycles. The lowest BCUT2D eigenvalue weighted by molar-refractivity contribution is 0.298. The van der Waals surface area contributed by atoms with Crippen molar-refractivity contribution in [3.63, 3.8) is 0 Å². The molecule has 36 heavy (non-hydrogen) atoms. The summed E-state index contributed by atoms with van der Waals surface area (Å²) in [6, 6.07) is 20.6. The van der Waals surface area contributed by atoms with E-state index in [1.807, 2.05) is 24.3 Å². The number of nitriles is 1. The first-order valence-corrected chi connectivity index (χ1v) is 27.4. The average Bonchev–Trinajstić information content (AvgIpc) is 2.70. The molecule has 0 radical (unpaired) electrons. The van der Waals surface area contributed by atoms with Crippen LogP contribution in [-0.4, -0.2) is 42.3 Å². The van der Waals surface area contributed by atoms with E-state index in [-0.39, 0.29) is 0 Å². The van der Waals surface area contributed by atoms with Crippen molar-refractivity contribution in [1.82, 2.24) is 0 Å². The van der Waals surface area contributed by atoms with Crippen molar-refractivity contribution >= 4 is 42.3 Å². The largest absolute Gasteiger partial charge is 0.436 e. The van der Waals surface area contributed by atoms with Crippen LogP contribution in [0.4, 0.5) is 0 Å². The molecule has 0 unspecified atom stereocenters. The molecule has 10 heteroatoms. The monoisotopic (exact) mass is 575 g/mol. The molecule has 0 aromatic heterocycles. The molecule has 5 nitrogen and oxygen atoms in total. The van der Waals surface area contributed by atoms with Gasteiger partial charge in [-0.1, -0.05) is 43.3 Å². The molecule has 0 N–H and O–H groups in total. The third-order valence-electron chi connectivity index (χ3n) is 5.81. The molecule has 0 fully saturated rings. The van der Waals surface area contributed by atoms with Crippen molar-refractivity contribution < 1.29 is 16.5 Å². The highest BCUT2D eigenvalue weighted by atomic mass is 28.5. The first-order chi connectivity index (χ1) is 16.4. The first kappa shape index (κ1) is 31.1. The molecule has 0 spiro atoms. The minimum absolute atomic E-state index is 0.677. The SMILES string of the molecule is CC[Si](C)(C)O[Si](C)(C)O[Si](C)(C)O[Si](C)(C)O[Si](C)(C)Cc1ccc(-c2ccc(C#N)cc2)cc1. The second-order valence-electron chi connectivity index (χ2n) is 12.0. The summed E-state index contributed by atoms with van der Waals surface area (Å²) in [5.74, 6) is 0. The second-order valence-corrected chi connectivity index (χ2v) is 31.8. The van der Waals surface area contributed by atoms with E-state index in [2.05, 4.69) is 103 Å². The van der Waals surface area contributed by atoms with Crippen molar-refractivity contribution in [2.75, 3.05) is 0 Å². The molecule has 0 saturated carbocycles. The molecule has 2 aromatic carbocycles. The molecule has 0 amide bonds. The number of hydrogen-bond donors (Lipinski definition) is 0. The molecule has 0 aliphatic rings.